The maximum Gasteiger partial charge on any atom is 0.240 e. The molecule has 2 bridgehead atoms. The van der Waals surface area contributed by atoms with Crippen molar-refractivity contribution in [1.82, 2.24) is 10.0 Å². The van der Waals surface area contributed by atoms with E-state index in [1.807, 2.05) is 19.2 Å². The molecule has 0 saturated heterocycles. The lowest BCUT2D eigenvalue weighted by atomic mass is 9.89. The van der Waals surface area contributed by atoms with Crippen molar-refractivity contribution in [2.75, 3.05) is 13.6 Å². The highest BCUT2D eigenvalue weighted by molar-refractivity contribution is 7.89. The Hall–Kier alpha value is -0.910. The summed E-state index contributed by atoms with van der Waals surface area (Å²) >= 11 is 0. The van der Waals surface area contributed by atoms with Crippen LogP contribution in [0.5, 0.6) is 0 Å². The zero-order valence-electron chi connectivity index (χ0n) is 12.5. The van der Waals surface area contributed by atoms with E-state index in [4.69, 9.17) is 0 Å². The number of rotatable bonds is 6. The Morgan fingerprint density at radius 3 is 2.67 bits per heavy atom. The van der Waals surface area contributed by atoms with Crippen LogP contribution in [0, 0.1) is 17.8 Å². The lowest BCUT2D eigenvalue weighted by Gasteiger charge is -2.22. The second kappa shape index (κ2) is 6.07. The Morgan fingerprint density at radius 2 is 2.00 bits per heavy atom. The van der Waals surface area contributed by atoms with Gasteiger partial charge >= 0.3 is 0 Å². The number of sulfonamides is 1. The first kappa shape index (κ1) is 15.0. The Bertz CT molecular complexity index is 600. The molecule has 2 aliphatic rings. The van der Waals surface area contributed by atoms with Crippen molar-refractivity contribution in [2.24, 2.45) is 17.8 Å². The summed E-state index contributed by atoms with van der Waals surface area (Å²) in [5.74, 6) is 2.13. The maximum atomic E-state index is 12.6. The van der Waals surface area contributed by atoms with Gasteiger partial charge in [0, 0.05) is 13.1 Å². The molecule has 0 heterocycles. The molecule has 4 nitrogen and oxygen atoms in total. The summed E-state index contributed by atoms with van der Waals surface area (Å²) < 4.78 is 27.9. The van der Waals surface area contributed by atoms with Gasteiger partial charge in [-0.05, 0) is 55.7 Å². The van der Waals surface area contributed by atoms with Crippen molar-refractivity contribution in [1.29, 1.82) is 0 Å². The highest BCUT2D eigenvalue weighted by atomic mass is 32.2. The van der Waals surface area contributed by atoms with E-state index >= 15 is 0 Å². The Kier molecular flexibility index (Phi) is 4.33. The van der Waals surface area contributed by atoms with Crippen LogP contribution in [0.15, 0.2) is 29.2 Å². The molecular weight excluding hydrogens is 284 g/mol. The zero-order chi connectivity index (χ0) is 14.9. The fourth-order valence-corrected chi connectivity index (χ4v) is 5.36. The molecule has 2 N–H and O–H groups in total. The molecule has 21 heavy (non-hydrogen) atoms. The minimum absolute atomic E-state index is 0.405. The summed E-state index contributed by atoms with van der Waals surface area (Å²) in [4.78, 5) is 0.405. The van der Waals surface area contributed by atoms with Gasteiger partial charge in [0.1, 0.15) is 0 Å². The van der Waals surface area contributed by atoms with Crippen LogP contribution in [0.25, 0.3) is 0 Å². The van der Waals surface area contributed by atoms with Gasteiger partial charge in [-0.25, -0.2) is 13.1 Å². The number of benzene rings is 1. The van der Waals surface area contributed by atoms with E-state index in [-0.39, 0.29) is 0 Å². The average Bonchev–Trinajstić information content (AvgIpc) is 3.09. The van der Waals surface area contributed by atoms with Gasteiger partial charge in [-0.1, -0.05) is 24.6 Å². The molecule has 2 saturated carbocycles. The molecule has 1 aromatic carbocycles. The second-order valence-electron chi connectivity index (χ2n) is 6.42. The third kappa shape index (κ3) is 3.15. The lowest BCUT2D eigenvalue weighted by Crippen LogP contribution is -2.32. The molecule has 2 aliphatic carbocycles. The normalized spacial score (nSPS) is 28.1. The molecule has 0 aromatic heterocycles. The van der Waals surface area contributed by atoms with Crippen molar-refractivity contribution >= 4 is 10.0 Å². The highest BCUT2D eigenvalue weighted by Crippen LogP contribution is 2.48. The van der Waals surface area contributed by atoms with Crippen LogP contribution in [0.4, 0.5) is 0 Å². The zero-order valence-corrected chi connectivity index (χ0v) is 13.3. The fourth-order valence-electron chi connectivity index (χ4n) is 4.02. The van der Waals surface area contributed by atoms with E-state index in [1.165, 1.54) is 25.7 Å². The summed E-state index contributed by atoms with van der Waals surface area (Å²) in [6, 6.07) is 7.21. The van der Waals surface area contributed by atoms with Crippen LogP contribution in [0.2, 0.25) is 0 Å². The smallest absolute Gasteiger partial charge is 0.240 e. The minimum atomic E-state index is -3.41. The fraction of sp³-hybridized carbons (Fsp3) is 0.625. The van der Waals surface area contributed by atoms with E-state index < -0.39 is 10.0 Å². The van der Waals surface area contributed by atoms with Crippen LogP contribution < -0.4 is 10.0 Å². The van der Waals surface area contributed by atoms with Gasteiger partial charge in [-0.3, -0.25) is 0 Å². The standard InChI is InChI=1S/C16H24N2O2S/c1-17-10-14-4-2-3-5-16(14)21(19,20)18-11-15-9-12-6-7-13(15)8-12/h2-5,12-13,15,17-18H,6-11H2,1H3. The van der Waals surface area contributed by atoms with Crippen molar-refractivity contribution in [2.45, 2.75) is 37.1 Å². The van der Waals surface area contributed by atoms with Crippen molar-refractivity contribution in [3.8, 4) is 0 Å². The number of nitrogens with one attached hydrogen (secondary N) is 2. The van der Waals surface area contributed by atoms with E-state index in [0.29, 0.717) is 23.9 Å². The average molecular weight is 308 g/mol. The van der Waals surface area contributed by atoms with Gasteiger partial charge in [-0.15, -0.1) is 0 Å². The first-order valence-electron chi connectivity index (χ1n) is 7.82. The molecule has 116 valence electrons. The summed E-state index contributed by atoms with van der Waals surface area (Å²) in [5.41, 5.74) is 0.820. The molecule has 3 rings (SSSR count). The van der Waals surface area contributed by atoms with Crippen LogP contribution in [0.1, 0.15) is 31.2 Å². The van der Waals surface area contributed by atoms with Crippen LogP contribution in [-0.4, -0.2) is 22.0 Å². The first-order chi connectivity index (χ1) is 10.1. The lowest BCUT2D eigenvalue weighted by molar-refractivity contribution is 0.333. The highest BCUT2D eigenvalue weighted by Gasteiger charge is 2.39. The number of fused-ring (bicyclic) bond motifs is 2. The van der Waals surface area contributed by atoms with Gasteiger partial charge < -0.3 is 5.32 Å². The molecule has 1 aromatic rings. The summed E-state index contributed by atoms with van der Waals surface area (Å²) in [5, 5.41) is 3.02. The maximum absolute atomic E-state index is 12.6. The van der Waals surface area contributed by atoms with Crippen molar-refractivity contribution in [3.63, 3.8) is 0 Å². The minimum Gasteiger partial charge on any atom is -0.316 e. The van der Waals surface area contributed by atoms with Gasteiger partial charge in [0.15, 0.2) is 0 Å². The van der Waals surface area contributed by atoms with Crippen LogP contribution in [0.3, 0.4) is 0 Å². The predicted octanol–water partition coefficient (Wildman–Crippen LogP) is 2.12. The molecule has 3 unspecified atom stereocenters. The largest absolute Gasteiger partial charge is 0.316 e. The second-order valence-corrected chi connectivity index (χ2v) is 8.16. The van der Waals surface area contributed by atoms with Crippen LogP contribution >= 0.6 is 0 Å². The van der Waals surface area contributed by atoms with Gasteiger partial charge in [0.2, 0.25) is 10.0 Å². The monoisotopic (exact) mass is 308 g/mol. The number of hydrogen-bond acceptors (Lipinski definition) is 3. The van der Waals surface area contributed by atoms with E-state index in [0.717, 1.165) is 17.4 Å². The Balaban J connectivity index is 1.69. The molecular formula is C16H24N2O2S. The van der Waals surface area contributed by atoms with Gasteiger partial charge in [0.05, 0.1) is 4.90 Å². The van der Waals surface area contributed by atoms with E-state index in [9.17, 15) is 8.42 Å². The van der Waals surface area contributed by atoms with Crippen LogP contribution in [-0.2, 0) is 16.6 Å². The third-order valence-electron chi connectivity index (χ3n) is 5.05. The van der Waals surface area contributed by atoms with Crippen molar-refractivity contribution in [3.05, 3.63) is 29.8 Å². The Labute approximate surface area is 127 Å². The first-order valence-corrected chi connectivity index (χ1v) is 9.30. The topological polar surface area (TPSA) is 58.2 Å². The van der Waals surface area contributed by atoms with E-state index in [1.54, 1.807) is 12.1 Å². The molecule has 2 fully saturated rings. The molecule has 3 atom stereocenters. The molecule has 5 heteroatoms. The quantitative estimate of drug-likeness (QED) is 0.846. The van der Waals surface area contributed by atoms with Crippen molar-refractivity contribution < 1.29 is 8.42 Å². The summed E-state index contributed by atoms with van der Waals surface area (Å²) in [6.45, 7) is 1.16. The van der Waals surface area contributed by atoms with Gasteiger partial charge in [0.25, 0.3) is 0 Å². The Morgan fingerprint density at radius 1 is 1.19 bits per heavy atom. The van der Waals surface area contributed by atoms with Gasteiger partial charge in [-0.2, -0.15) is 0 Å². The summed E-state index contributed by atoms with van der Waals surface area (Å²) in [6.07, 6.45) is 5.14. The predicted molar refractivity (Wildman–Crippen MR) is 83.3 cm³/mol. The molecule has 0 amide bonds. The molecule has 0 radical (unpaired) electrons. The molecule has 0 spiro atoms. The SMILES string of the molecule is CNCc1ccccc1S(=O)(=O)NCC1CC2CCC1C2. The van der Waals surface area contributed by atoms with E-state index in [2.05, 4.69) is 10.0 Å². The third-order valence-corrected chi connectivity index (χ3v) is 6.57. The summed E-state index contributed by atoms with van der Waals surface area (Å²) in [7, 11) is -1.58. The molecule has 0 aliphatic heterocycles. The number of hydrogen-bond donors (Lipinski definition) is 2.